The van der Waals surface area contributed by atoms with Crippen molar-refractivity contribution in [2.24, 2.45) is 0 Å². The Morgan fingerprint density at radius 2 is 1.95 bits per heavy atom. The molecule has 1 amide bonds. The van der Waals surface area contributed by atoms with Gasteiger partial charge in [-0.05, 0) is 33.8 Å². The first kappa shape index (κ1) is 14.9. The van der Waals surface area contributed by atoms with Gasteiger partial charge in [-0.25, -0.2) is 9.78 Å². The molecule has 1 rings (SSSR count). The van der Waals surface area contributed by atoms with Gasteiger partial charge in [-0.1, -0.05) is 0 Å². The minimum atomic E-state index is -0.665. The molecule has 0 aliphatic carbocycles. The van der Waals surface area contributed by atoms with E-state index in [0.29, 0.717) is 5.56 Å². The normalized spacial score (nSPS) is 10.8. The standard InChI is InChI=1S/C13H18N2O4/c1-8(16)9-6-7-14-11(18-5)10(9)15-12(17)19-13(2,3)4/h6-7H,1-5H3,(H,15,17). The molecule has 0 spiro atoms. The Labute approximate surface area is 112 Å². The SMILES string of the molecule is COc1nccc(C(C)=O)c1NC(=O)OC(C)(C)C. The summed E-state index contributed by atoms with van der Waals surface area (Å²) in [6, 6.07) is 1.51. The molecule has 6 heteroatoms. The van der Waals surface area contributed by atoms with Crippen molar-refractivity contribution >= 4 is 17.6 Å². The molecule has 19 heavy (non-hydrogen) atoms. The van der Waals surface area contributed by atoms with Crippen molar-refractivity contribution in [1.29, 1.82) is 0 Å². The number of aromatic nitrogens is 1. The molecular formula is C13H18N2O4. The summed E-state index contributed by atoms with van der Waals surface area (Å²) in [5.41, 5.74) is -0.0971. The van der Waals surface area contributed by atoms with Crippen molar-refractivity contribution in [1.82, 2.24) is 4.98 Å². The molecule has 0 aliphatic heterocycles. The van der Waals surface area contributed by atoms with Crippen LogP contribution in [0.4, 0.5) is 10.5 Å². The Morgan fingerprint density at radius 1 is 1.32 bits per heavy atom. The van der Waals surface area contributed by atoms with E-state index >= 15 is 0 Å². The van der Waals surface area contributed by atoms with Crippen LogP contribution in [0.15, 0.2) is 12.3 Å². The topological polar surface area (TPSA) is 77.5 Å². The Balaban J connectivity index is 3.05. The fraction of sp³-hybridized carbons (Fsp3) is 0.462. The maximum Gasteiger partial charge on any atom is 0.412 e. The predicted molar refractivity (Wildman–Crippen MR) is 70.7 cm³/mol. The molecule has 104 valence electrons. The molecule has 0 fully saturated rings. The summed E-state index contributed by atoms with van der Waals surface area (Å²) in [4.78, 5) is 27.2. The molecule has 1 N–H and O–H groups in total. The maximum absolute atomic E-state index is 11.7. The van der Waals surface area contributed by atoms with Gasteiger partial charge in [0.15, 0.2) is 5.78 Å². The molecule has 0 bridgehead atoms. The minimum absolute atomic E-state index is 0.165. The third-order valence-corrected chi connectivity index (χ3v) is 2.11. The molecule has 0 aliphatic rings. The van der Waals surface area contributed by atoms with Crippen molar-refractivity contribution in [3.63, 3.8) is 0 Å². The van der Waals surface area contributed by atoms with Gasteiger partial charge in [0.1, 0.15) is 11.3 Å². The smallest absolute Gasteiger partial charge is 0.412 e. The molecule has 1 heterocycles. The van der Waals surface area contributed by atoms with Gasteiger partial charge in [0.05, 0.1) is 7.11 Å². The van der Waals surface area contributed by atoms with Gasteiger partial charge in [-0.15, -0.1) is 0 Å². The fourth-order valence-electron chi connectivity index (χ4n) is 1.42. The number of methoxy groups -OCH3 is 1. The van der Waals surface area contributed by atoms with Crippen LogP contribution in [0.3, 0.4) is 0 Å². The van der Waals surface area contributed by atoms with Crippen LogP contribution in [0.5, 0.6) is 5.88 Å². The lowest BCUT2D eigenvalue weighted by atomic mass is 10.1. The van der Waals surface area contributed by atoms with Crippen LogP contribution in [0, 0.1) is 0 Å². The van der Waals surface area contributed by atoms with Gasteiger partial charge in [-0.2, -0.15) is 0 Å². The average Bonchev–Trinajstić information content (AvgIpc) is 2.26. The Hall–Kier alpha value is -2.11. The monoisotopic (exact) mass is 266 g/mol. The van der Waals surface area contributed by atoms with Gasteiger partial charge < -0.3 is 9.47 Å². The third kappa shape index (κ3) is 4.24. The molecule has 1 aromatic rings. The first-order chi connectivity index (χ1) is 8.74. The van der Waals surface area contributed by atoms with Crippen LogP contribution in [0.2, 0.25) is 0 Å². The first-order valence-electron chi connectivity index (χ1n) is 5.78. The van der Waals surface area contributed by atoms with E-state index in [0.717, 1.165) is 0 Å². The zero-order valence-electron chi connectivity index (χ0n) is 11.7. The van der Waals surface area contributed by atoms with E-state index in [1.807, 2.05) is 0 Å². The number of carbonyl (C=O) groups is 2. The summed E-state index contributed by atoms with van der Waals surface area (Å²) in [6.45, 7) is 6.64. The number of ether oxygens (including phenoxy) is 2. The van der Waals surface area contributed by atoms with Crippen molar-refractivity contribution < 1.29 is 19.1 Å². The molecule has 1 aromatic heterocycles. The van der Waals surface area contributed by atoms with Crippen molar-refractivity contribution in [3.8, 4) is 5.88 Å². The van der Waals surface area contributed by atoms with E-state index in [1.165, 1.54) is 26.3 Å². The average molecular weight is 266 g/mol. The molecule has 0 radical (unpaired) electrons. The second kappa shape index (κ2) is 5.69. The van der Waals surface area contributed by atoms with Gasteiger partial charge in [-0.3, -0.25) is 10.1 Å². The number of pyridine rings is 1. The Morgan fingerprint density at radius 3 is 2.42 bits per heavy atom. The summed E-state index contributed by atoms with van der Waals surface area (Å²) in [7, 11) is 1.41. The summed E-state index contributed by atoms with van der Waals surface area (Å²) >= 11 is 0. The number of nitrogens with zero attached hydrogens (tertiary/aromatic N) is 1. The second-order valence-corrected chi connectivity index (χ2v) is 4.93. The number of hydrogen-bond donors (Lipinski definition) is 1. The zero-order chi connectivity index (χ0) is 14.6. The largest absolute Gasteiger partial charge is 0.479 e. The first-order valence-corrected chi connectivity index (χ1v) is 5.78. The van der Waals surface area contributed by atoms with Gasteiger partial charge in [0, 0.05) is 11.8 Å². The number of rotatable bonds is 3. The molecule has 0 saturated carbocycles. The van der Waals surface area contributed by atoms with E-state index in [1.54, 1.807) is 20.8 Å². The summed E-state index contributed by atoms with van der Waals surface area (Å²) in [5.74, 6) is -0.0367. The van der Waals surface area contributed by atoms with Gasteiger partial charge >= 0.3 is 6.09 Å². The second-order valence-electron chi connectivity index (χ2n) is 4.93. The van der Waals surface area contributed by atoms with Crippen LogP contribution in [0.25, 0.3) is 0 Å². The van der Waals surface area contributed by atoms with E-state index in [4.69, 9.17) is 9.47 Å². The highest BCUT2D eigenvalue weighted by Gasteiger charge is 2.20. The molecule has 0 saturated heterocycles. The van der Waals surface area contributed by atoms with Crippen molar-refractivity contribution in [2.75, 3.05) is 12.4 Å². The third-order valence-electron chi connectivity index (χ3n) is 2.11. The van der Waals surface area contributed by atoms with Crippen LogP contribution < -0.4 is 10.1 Å². The summed E-state index contributed by atoms with van der Waals surface area (Å²) in [6.07, 6.45) is 0.775. The Kier molecular flexibility index (Phi) is 4.47. The van der Waals surface area contributed by atoms with Gasteiger partial charge in [0.25, 0.3) is 0 Å². The maximum atomic E-state index is 11.7. The van der Waals surface area contributed by atoms with Crippen LogP contribution in [-0.4, -0.2) is 29.6 Å². The predicted octanol–water partition coefficient (Wildman–Crippen LogP) is 2.64. The highest BCUT2D eigenvalue weighted by atomic mass is 16.6. The molecule has 6 nitrogen and oxygen atoms in total. The number of nitrogens with one attached hydrogen (secondary N) is 1. The lowest BCUT2D eigenvalue weighted by molar-refractivity contribution is 0.0635. The fourth-order valence-corrected chi connectivity index (χ4v) is 1.42. The zero-order valence-corrected chi connectivity index (χ0v) is 11.7. The Bertz CT molecular complexity index is 492. The number of anilines is 1. The molecule has 0 unspecified atom stereocenters. The minimum Gasteiger partial charge on any atom is -0.479 e. The highest BCUT2D eigenvalue weighted by Crippen LogP contribution is 2.26. The highest BCUT2D eigenvalue weighted by molar-refractivity contribution is 6.03. The van der Waals surface area contributed by atoms with Gasteiger partial charge in [0.2, 0.25) is 5.88 Å². The molecule has 0 atom stereocenters. The lowest BCUT2D eigenvalue weighted by Crippen LogP contribution is -2.28. The van der Waals surface area contributed by atoms with E-state index in [9.17, 15) is 9.59 Å². The number of carbonyl (C=O) groups excluding carboxylic acids is 2. The van der Waals surface area contributed by atoms with E-state index in [-0.39, 0.29) is 17.4 Å². The number of hydrogen-bond acceptors (Lipinski definition) is 5. The lowest BCUT2D eigenvalue weighted by Gasteiger charge is -2.20. The van der Waals surface area contributed by atoms with E-state index < -0.39 is 11.7 Å². The summed E-state index contributed by atoms with van der Waals surface area (Å²) < 4.78 is 10.2. The van der Waals surface area contributed by atoms with Crippen molar-refractivity contribution in [3.05, 3.63) is 17.8 Å². The van der Waals surface area contributed by atoms with Crippen LogP contribution in [-0.2, 0) is 4.74 Å². The number of ketones is 1. The van der Waals surface area contributed by atoms with Crippen LogP contribution in [0.1, 0.15) is 38.1 Å². The quantitative estimate of drug-likeness (QED) is 0.851. The molecule has 0 aromatic carbocycles. The summed E-state index contributed by atoms with van der Waals surface area (Å²) in [5, 5.41) is 2.50. The van der Waals surface area contributed by atoms with Crippen molar-refractivity contribution in [2.45, 2.75) is 33.3 Å². The molecular weight excluding hydrogens is 248 g/mol. The number of amides is 1. The number of Topliss-reactive ketones (excluding diaryl/α,β-unsaturated/α-hetero) is 1. The van der Waals surface area contributed by atoms with Crippen LogP contribution >= 0.6 is 0 Å². The van der Waals surface area contributed by atoms with E-state index in [2.05, 4.69) is 10.3 Å².